The maximum atomic E-state index is 12.2. The molecule has 100 valence electrons. The molecule has 3 atom stereocenters. The summed E-state index contributed by atoms with van der Waals surface area (Å²) >= 11 is 7.21. The molecule has 2 N–H and O–H groups in total. The van der Waals surface area contributed by atoms with Gasteiger partial charge < -0.3 is 10.6 Å². The average molecular weight is 307 g/mol. The lowest BCUT2D eigenvalue weighted by Crippen LogP contribution is -2.33. The van der Waals surface area contributed by atoms with E-state index in [-0.39, 0.29) is 24.4 Å². The summed E-state index contributed by atoms with van der Waals surface area (Å²) in [5.41, 5.74) is 6.07. The zero-order valence-corrected chi connectivity index (χ0v) is 12.2. The summed E-state index contributed by atoms with van der Waals surface area (Å²) in [7, 11) is 0. The fourth-order valence-corrected chi connectivity index (χ4v) is 4.07. The third-order valence-electron chi connectivity index (χ3n) is 3.98. The molecule has 0 spiro atoms. The van der Waals surface area contributed by atoms with E-state index >= 15 is 0 Å². The van der Waals surface area contributed by atoms with Gasteiger partial charge in [-0.25, -0.2) is 0 Å². The molecule has 2 fully saturated rings. The number of amides is 1. The third-order valence-corrected chi connectivity index (χ3v) is 5.20. The van der Waals surface area contributed by atoms with E-state index in [4.69, 9.17) is 17.3 Å². The average Bonchev–Trinajstić information content (AvgIpc) is 2.96. The van der Waals surface area contributed by atoms with Crippen molar-refractivity contribution >= 4 is 41.3 Å². The van der Waals surface area contributed by atoms with Crippen LogP contribution in [-0.2, 0) is 0 Å². The highest BCUT2D eigenvalue weighted by Gasteiger charge is 2.42. The fraction of sp³-hybridized carbons (Fsp3) is 0.583. The van der Waals surface area contributed by atoms with Crippen molar-refractivity contribution in [2.24, 2.45) is 17.6 Å². The minimum atomic E-state index is 0. The second-order valence-corrected chi connectivity index (χ2v) is 6.69. The normalized spacial score (nSPS) is 30.1. The molecule has 3 nitrogen and oxygen atoms in total. The van der Waals surface area contributed by atoms with Crippen LogP contribution >= 0.6 is 35.3 Å². The van der Waals surface area contributed by atoms with E-state index in [0.29, 0.717) is 16.2 Å². The second kappa shape index (κ2) is 5.37. The van der Waals surface area contributed by atoms with Gasteiger partial charge in [-0.1, -0.05) is 11.6 Å². The molecule has 1 saturated carbocycles. The minimum absolute atomic E-state index is 0. The van der Waals surface area contributed by atoms with Crippen LogP contribution in [0.5, 0.6) is 0 Å². The van der Waals surface area contributed by atoms with Crippen LogP contribution < -0.4 is 5.73 Å². The Balaban J connectivity index is 0.00000120. The van der Waals surface area contributed by atoms with E-state index in [1.54, 1.807) is 6.07 Å². The Morgan fingerprint density at radius 1 is 1.39 bits per heavy atom. The molecule has 2 aliphatic rings. The van der Waals surface area contributed by atoms with Crippen molar-refractivity contribution in [3.05, 3.63) is 21.3 Å². The monoisotopic (exact) mass is 306 g/mol. The van der Waals surface area contributed by atoms with Gasteiger partial charge in [-0.15, -0.1) is 23.7 Å². The Bertz CT molecular complexity index is 451. The lowest BCUT2D eigenvalue weighted by Gasteiger charge is -2.17. The van der Waals surface area contributed by atoms with Gasteiger partial charge in [-0.05, 0) is 36.8 Å². The quantitative estimate of drug-likeness (QED) is 0.867. The van der Waals surface area contributed by atoms with Gasteiger partial charge in [0.25, 0.3) is 5.91 Å². The molecule has 6 heteroatoms. The van der Waals surface area contributed by atoms with E-state index in [2.05, 4.69) is 0 Å². The van der Waals surface area contributed by atoms with Gasteiger partial charge in [-0.2, -0.15) is 0 Å². The summed E-state index contributed by atoms with van der Waals surface area (Å²) in [6.45, 7) is 1.69. The van der Waals surface area contributed by atoms with Gasteiger partial charge in [0.2, 0.25) is 0 Å². The lowest BCUT2D eigenvalue weighted by molar-refractivity contribution is 0.0784. The van der Waals surface area contributed by atoms with Gasteiger partial charge in [0.05, 0.1) is 9.21 Å². The number of nitrogens with two attached hydrogens (primary N) is 1. The Hall–Kier alpha value is -0.290. The number of nitrogens with zero attached hydrogens (tertiary/aromatic N) is 1. The van der Waals surface area contributed by atoms with Crippen LogP contribution in [0.15, 0.2) is 12.1 Å². The summed E-state index contributed by atoms with van der Waals surface area (Å²) in [6, 6.07) is 3.87. The van der Waals surface area contributed by atoms with Gasteiger partial charge in [0.15, 0.2) is 0 Å². The molecule has 0 aromatic carbocycles. The minimum Gasteiger partial charge on any atom is -0.337 e. The van der Waals surface area contributed by atoms with Crippen LogP contribution in [0.2, 0.25) is 4.34 Å². The van der Waals surface area contributed by atoms with Crippen molar-refractivity contribution in [1.82, 2.24) is 4.90 Å². The zero-order chi connectivity index (χ0) is 12.0. The Morgan fingerprint density at radius 3 is 2.78 bits per heavy atom. The summed E-state index contributed by atoms with van der Waals surface area (Å²) in [6.07, 6.45) is 2.28. The first-order valence-electron chi connectivity index (χ1n) is 5.95. The first kappa shape index (κ1) is 14.1. The molecule has 1 aliphatic carbocycles. The third kappa shape index (κ3) is 2.39. The maximum Gasteiger partial charge on any atom is 0.263 e. The molecule has 18 heavy (non-hydrogen) atoms. The van der Waals surface area contributed by atoms with Gasteiger partial charge in [0, 0.05) is 19.1 Å². The van der Waals surface area contributed by atoms with Crippen molar-refractivity contribution in [2.75, 3.05) is 13.1 Å². The van der Waals surface area contributed by atoms with Crippen LogP contribution in [0.1, 0.15) is 22.5 Å². The Morgan fingerprint density at radius 2 is 2.17 bits per heavy atom. The van der Waals surface area contributed by atoms with Crippen LogP contribution in [0.25, 0.3) is 0 Å². The molecule has 3 rings (SSSR count). The number of carbonyl (C=O) groups is 1. The first-order valence-corrected chi connectivity index (χ1v) is 7.15. The molecular formula is C12H16Cl2N2OS. The van der Waals surface area contributed by atoms with Crippen molar-refractivity contribution in [1.29, 1.82) is 0 Å². The molecule has 0 bridgehead atoms. The Labute approximate surface area is 122 Å². The predicted molar refractivity (Wildman–Crippen MR) is 76.7 cm³/mol. The van der Waals surface area contributed by atoms with Gasteiger partial charge >= 0.3 is 0 Å². The highest BCUT2D eigenvalue weighted by Crippen LogP contribution is 2.38. The van der Waals surface area contributed by atoms with E-state index in [9.17, 15) is 4.79 Å². The first-order chi connectivity index (χ1) is 8.15. The molecule has 3 unspecified atom stereocenters. The van der Waals surface area contributed by atoms with Gasteiger partial charge in [-0.3, -0.25) is 4.79 Å². The maximum absolute atomic E-state index is 12.2. The van der Waals surface area contributed by atoms with Crippen molar-refractivity contribution in [3.63, 3.8) is 0 Å². The number of halogens is 2. The largest absolute Gasteiger partial charge is 0.337 e. The molecule has 1 saturated heterocycles. The smallest absolute Gasteiger partial charge is 0.263 e. The molecule has 1 amide bonds. The predicted octanol–water partition coefficient (Wildman–Crippen LogP) is 2.63. The number of fused-ring (bicyclic) bond motifs is 1. The molecule has 0 radical (unpaired) electrons. The Kier molecular flexibility index (Phi) is 4.22. The van der Waals surface area contributed by atoms with Gasteiger partial charge in [0.1, 0.15) is 0 Å². The fourth-order valence-electron chi connectivity index (χ4n) is 3.06. The number of thiophene rings is 1. The molecular weight excluding hydrogens is 291 g/mol. The van der Waals surface area contributed by atoms with E-state index < -0.39 is 0 Å². The van der Waals surface area contributed by atoms with Crippen LogP contribution in [0, 0.1) is 11.8 Å². The number of hydrogen-bond donors (Lipinski definition) is 1. The molecule has 1 aromatic heterocycles. The standard InChI is InChI=1S/C12H15ClN2OS.ClH/c13-11-4-3-10(17-11)12(16)15-5-7-1-2-9(14)8(7)6-15;/h3-4,7-9H,1-2,5-6,14H2;1H. The summed E-state index contributed by atoms with van der Waals surface area (Å²) < 4.78 is 0.671. The number of rotatable bonds is 1. The van der Waals surface area contributed by atoms with E-state index in [0.717, 1.165) is 24.4 Å². The second-order valence-electron chi connectivity index (χ2n) is 4.98. The highest BCUT2D eigenvalue weighted by molar-refractivity contribution is 7.17. The summed E-state index contributed by atoms with van der Waals surface area (Å²) in [4.78, 5) is 14.9. The van der Waals surface area contributed by atoms with Crippen molar-refractivity contribution in [2.45, 2.75) is 18.9 Å². The van der Waals surface area contributed by atoms with Crippen molar-refractivity contribution < 1.29 is 4.79 Å². The lowest BCUT2D eigenvalue weighted by atomic mass is 9.98. The van der Waals surface area contributed by atoms with Crippen LogP contribution in [-0.4, -0.2) is 29.9 Å². The number of hydrogen-bond acceptors (Lipinski definition) is 3. The summed E-state index contributed by atoms with van der Waals surface area (Å²) in [5.74, 6) is 1.24. The SMILES string of the molecule is Cl.NC1CCC2CN(C(=O)c3ccc(Cl)s3)CC12. The van der Waals surface area contributed by atoms with Crippen LogP contribution in [0.4, 0.5) is 0 Å². The molecule has 2 heterocycles. The number of carbonyl (C=O) groups excluding carboxylic acids is 1. The number of likely N-dealkylation sites (tertiary alicyclic amines) is 1. The molecule has 1 aliphatic heterocycles. The summed E-state index contributed by atoms with van der Waals surface area (Å²) in [5, 5.41) is 0. The van der Waals surface area contributed by atoms with E-state index in [1.807, 2.05) is 11.0 Å². The molecule has 1 aromatic rings. The topological polar surface area (TPSA) is 46.3 Å². The van der Waals surface area contributed by atoms with Crippen LogP contribution in [0.3, 0.4) is 0 Å². The van der Waals surface area contributed by atoms with Crippen molar-refractivity contribution in [3.8, 4) is 0 Å². The zero-order valence-electron chi connectivity index (χ0n) is 9.84. The van der Waals surface area contributed by atoms with E-state index in [1.165, 1.54) is 17.8 Å². The highest BCUT2D eigenvalue weighted by atomic mass is 35.5.